The fourth-order valence-electron chi connectivity index (χ4n) is 4.77. The Kier molecular flexibility index (Phi) is 5.67. The fourth-order valence-corrected chi connectivity index (χ4v) is 4.77. The summed E-state index contributed by atoms with van der Waals surface area (Å²) < 4.78 is 20.1. The van der Waals surface area contributed by atoms with Gasteiger partial charge in [0, 0.05) is 25.5 Å². The molecule has 1 aromatic rings. The number of hydrogen-bond donors (Lipinski definition) is 0. The van der Waals surface area contributed by atoms with E-state index in [-0.39, 0.29) is 23.9 Å². The van der Waals surface area contributed by atoms with Crippen molar-refractivity contribution in [3.05, 3.63) is 41.4 Å². The Balaban J connectivity index is 1.69. The number of nitrogens with zero attached hydrogens (tertiary/aromatic N) is 3. The second-order valence-electron chi connectivity index (χ2n) is 7.99. The summed E-state index contributed by atoms with van der Waals surface area (Å²) in [5, 5.41) is 0. The smallest absolute Gasteiger partial charge is 0.290 e. The second-order valence-corrected chi connectivity index (χ2v) is 7.99. The van der Waals surface area contributed by atoms with E-state index in [1.54, 1.807) is 17.3 Å². The van der Waals surface area contributed by atoms with Gasteiger partial charge in [0.25, 0.3) is 5.91 Å². The van der Waals surface area contributed by atoms with Gasteiger partial charge in [0.2, 0.25) is 0 Å². The van der Waals surface area contributed by atoms with Crippen molar-refractivity contribution >= 4 is 11.7 Å². The lowest BCUT2D eigenvalue weighted by Gasteiger charge is -2.36. The molecule has 4 rings (SSSR count). The average molecular weight is 401 g/mol. The Morgan fingerprint density at radius 2 is 1.93 bits per heavy atom. The van der Waals surface area contributed by atoms with Crippen LogP contribution in [0.3, 0.4) is 0 Å². The van der Waals surface area contributed by atoms with Crippen LogP contribution in [-0.2, 0) is 14.3 Å². The van der Waals surface area contributed by atoms with Crippen molar-refractivity contribution in [2.75, 3.05) is 26.2 Å². The zero-order valence-electron chi connectivity index (χ0n) is 17.0. The molecule has 4 atom stereocenters. The van der Waals surface area contributed by atoms with Crippen LogP contribution in [0.15, 0.2) is 35.9 Å². The van der Waals surface area contributed by atoms with Gasteiger partial charge in [0.1, 0.15) is 12.3 Å². The van der Waals surface area contributed by atoms with E-state index >= 15 is 0 Å². The van der Waals surface area contributed by atoms with Crippen LogP contribution in [-0.4, -0.2) is 64.9 Å². The SMILES string of the molecule is CCN(CC)CCN1C(=O)C2=C(C(=O)C3CC(F)CCC3O2)C1c1ccncc1. The van der Waals surface area contributed by atoms with Gasteiger partial charge in [-0.1, -0.05) is 13.8 Å². The summed E-state index contributed by atoms with van der Waals surface area (Å²) in [5.41, 5.74) is 1.23. The van der Waals surface area contributed by atoms with Gasteiger partial charge in [-0.05, 0) is 50.0 Å². The molecule has 0 spiro atoms. The van der Waals surface area contributed by atoms with Gasteiger partial charge >= 0.3 is 0 Å². The highest BCUT2D eigenvalue weighted by atomic mass is 19.1. The molecule has 7 heteroatoms. The first-order valence-corrected chi connectivity index (χ1v) is 10.6. The third-order valence-corrected chi connectivity index (χ3v) is 6.45. The van der Waals surface area contributed by atoms with Crippen molar-refractivity contribution < 1.29 is 18.7 Å². The van der Waals surface area contributed by atoms with Crippen molar-refractivity contribution in [2.45, 2.75) is 51.4 Å². The second kappa shape index (κ2) is 8.22. The lowest BCUT2D eigenvalue weighted by Crippen LogP contribution is -2.42. The number of likely N-dealkylation sites (N-methyl/N-ethyl adjacent to an activating group) is 1. The molecule has 0 aromatic carbocycles. The number of alkyl halides is 1. The van der Waals surface area contributed by atoms with Crippen LogP contribution in [0, 0.1) is 5.92 Å². The number of rotatable bonds is 6. The molecule has 0 bridgehead atoms. The first-order chi connectivity index (χ1) is 14.0. The van der Waals surface area contributed by atoms with Crippen LogP contribution in [0.1, 0.15) is 44.7 Å². The fraction of sp³-hybridized carbons (Fsp3) is 0.591. The minimum Gasteiger partial charge on any atom is -0.483 e. The number of carbonyl (C=O) groups excluding carboxylic acids is 2. The number of pyridine rings is 1. The summed E-state index contributed by atoms with van der Waals surface area (Å²) in [4.78, 5) is 34.7. The minimum absolute atomic E-state index is 0.126. The third-order valence-electron chi connectivity index (χ3n) is 6.45. The van der Waals surface area contributed by atoms with E-state index < -0.39 is 24.2 Å². The zero-order chi connectivity index (χ0) is 20.5. The largest absolute Gasteiger partial charge is 0.483 e. The number of ketones is 1. The number of amides is 1. The standard InChI is InChI=1S/C22H28FN3O3/c1-3-25(4-2)11-12-26-19(14-7-9-24-10-8-14)18-20(27)16-13-15(23)5-6-17(16)29-21(18)22(26)28/h7-10,15-17,19H,3-6,11-13H2,1-2H3. The van der Waals surface area contributed by atoms with Crippen LogP contribution in [0.4, 0.5) is 4.39 Å². The number of ether oxygens (including phenoxy) is 1. The highest BCUT2D eigenvalue weighted by molar-refractivity contribution is 6.11. The van der Waals surface area contributed by atoms with E-state index in [0.29, 0.717) is 31.5 Å². The first-order valence-electron chi connectivity index (χ1n) is 10.6. The highest BCUT2D eigenvalue weighted by Crippen LogP contribution is 2.46. The summed E-state index contributed by atoms with van der Waals surface area (Å²) in [6.07, 6.45) is 2.98. The number of fused-ring (bicyclic) bond motifs is 1. The molecule has 1 saturated carbocycles. The predicted molar refractivity (Wildman–Crippen MR) is 106 cm³/mol. The molecule has 29 heavy (non-hydrogen) atoms. The molecule has 2 aliphatic heterocycles. The van der Waals surface area contributed by atoms with Crippen LogP contribution in [0.25, 0.3) is 0 Å². The van der Waals surface area contributed by atoms with Gasteiger partial charge in [-0.15, -0.1) is 0 Å². The van der Waals surface area contributed by atoms with Crippen molar-refractivity contribution in [2.24, 2.45) is 5.92 Å². The van der Waals surface area contributed by atoms with Gasteiger partial charge < -0.3 is 14.5 Å². The van der Waals surface area contributed by atoms with Gasteiger partial charge in [-0.2, -0.15) is 0 Å². The van der Waals surface area contributed by atoms with Crippen molar-refractivity contribution in [3.8, 4) is 0 Å². The number of halogens is 1. The Hall–Kier alpha value is -2.28. The molecule has 1 aromatic heterocycles. The molecular formula is C22H28FN3O3. The van der Waals surface area contributed by atoms with E-state index in [0.717, 1.165) is 18.7 Å². The Bertz CT molecular complexity index is 809. The quantitative estimate of drug-likeness (QED) is 0.733. The Morgan fingerprint density at radius 1 is 1.21 bits per heavy atom. The van der Waals surface area contributed by atoms with Gasteiger partial charge in [0.05, 0.1) is 17.5 Å². The first kappa shape index (κ1) is 20.0. The number of Topliss-reactive ketones (excluding diaryl/α,β-unsaturated/α-hetero) is 1. The van der Waals surface area contributed by atoms with Crippen LogP contribution < -0.4 is 0 Å². The average Bonchev–Trinajstić information content (AvgIpc) is 3.02. The maximum Gasteiger partial charge on any atom is 0.290 e. The highest BCUT2D eigenvalue weighted by Gasteiger charge is 2.52. The summed E-state index contributed by atoms with van der Waals surface area (Å²) in [6, 6.07) is 3.16. The molecule has 1 aliphatic carbocycles. The molecule has 4 unspecified atom stereocenters. The van der Waals surface area contributed by atoms with Gasteiger partial charge in [0.15, 0.2) is 11.5 Å². The molecule has 156 valence electrons. The van der Waals surface area contributed by atoms with Crippen LogP contribution in [0.5, 0.6) is 0 Å². The molecular weight excluding hydrogens is 373 g/mol. The summed E-state index contributed by atoms with van der Waals surface area (Å²) in [7, 11) is 0. The predicted octanol–water partition coefficient (Wildman–Crippen LogP) is 2.67. The van der Waals surface area contributed by atoms with Gasteiger partial charge in [-0.25, -0.2) is 4.39 Å². The molecule has 1 amide bonds. The van der Waals surface area contributed by atoms with Crippen molar-refractivity contribution in [3.63, 3.8) is 0 Å². The molecule has 3 heterocycles. The Labute approximate surface area is 170 Å². The number of carbonyl (C=O) groups is 2. The molecule has 1 fully saturated rings. The normalized spacial score (nSPS) is 29.2. The zero-order valence-corrected chi connectivity index (χ0v) is 17.0. The van der Waals surface area contributed by atoms with E-state index in [9.17, 15) is 14.0 Å². The van der Waals surface area contributed by atoms with E-state index in [1.807, 2.05) is 12.1 Å². The maximum atomic E-state index is 14.0. The summed E-state index contributed by atoms with van der Waals surface area (Å²) in [5.74, 6) is -0.686. The lowest BCUT2D eigenvalue weighted by atomic mass is 9.77. The monoisotopic (exact) mass is 401 g/mol. The van der Waals surface area contributed by atoms with E-state index in [4.69, 9.17) is 4.74 Å². The lowest BCUT2D eigenvalue weighted by molar-refractivity contribution is -0.136. The molecule has 3 aliphatic rings. The molecule has 0 radical (unpaired) electrons. The van der Waals surface area contributed by atoms with Crippen LogP contribution in [0.2, 0.25) is 0 Å². The Morgan fingerprint density at radius 3 is 2.62 bits per heavy atom. The molecule has 6 nitrogen and oxygen atoms in total. The summed E-state index contributed by atoms with van der Waals surface area (Å²) >= 11 is 0. The maximum absolute atomic E-state index is 14.0. The molecule has 0 N–H and O–H groups in total. The van der Waals surface area contributed by atoms with Gasteiger partial charge in [-0.3, -0.25) is 14.6 Å². The summed E-state index contributed by atoms with van der Waals surface area (Å²) in [6.45, 7) is 7.17. The third kappa shape index (κ3) is 3.56. The number of hydrogen-bond acceptors (Lipinski definition) is 5. The minimum atomic E-state index is -0.985. The topological polar surface area (TPSA) is 62.7 Å². The number of aromatic nitrogens is 1. The van der Waals surface area contributed by atoms with E-state index in [2.05, 4.69) is 23.7 Å². The van der Waals surface area contributed by atoms with Crippen LogP contribution >= 0.6 is 0 Å². The molecule has 0 saturated heterocycles. The van der Waals surface area contributed by atoms with E-state index in [1.165, 1.54) is 0 Å². The van der Waals surface area contributed by atoms with Crippen molar-refractivity contribution in [1.82, 2.24) is 14.8 Å². The van der Waals surface area contributed by atoms with Crippen molar-refractivity contribution in [1.29, 1.82) is 0 Å².